The topological polar surface area (TPSA) is 34.1 Å². The minimum atomic E-state index is -2.57. The van der Waals surface area contributed by atoms with Crippen LogP contribution in [0.1, 0.15) is 77.7 Å². The first-order valence-corrected chi connectivity index (χ1v) is 10.3. The van der Waals surface area contributed by atoms with Crippen LogP contribution in [0.5, 0.6) is 0 Å². The number of carbonyl (C=O) groups excluding carboxylic acids is 1. The van der Waals surface area contributed by atoms with E-state index in [0.717, 1.165) is 33.1 Å². The molecule has 2 aromatic carbocycles. The summed E-state index contributed by atoms with van der Waals surface area (Å²) < 4.78 is 13.3. The first-order valence-electron chi connectivity index (χ1n) is 8.94. The summed E-state index contributed by atoms with van der Waals surface area (Å²) in [6.07, 6.45) is 0. The fraction of sp³-hybridized carbons (Fsp3) is 0.409. The monoisotopic (exact) mass is 356 g/mol. The summed E-state index contributed by atoms with van der Waals surface area (Å²) in [4.78, 5) is 13.1. The van der Waals surface area contributed by atoms with Crippen molar-refractivity contribution in [2.24, 2.45) is 0 Å². The molecular weight excluding hydrogens is 327 g/mol. The molecule has 3 heteroatoms. The van der Waals surface area contributed by atoms with E-state index in [1.54, 1.807) is 0 Å². The quantitative estimate of drug-likeness (QED) is 0.627. The maximum atomic E-state index is 13.3. The standard InChI is InChI=1S/C22H29O2P/c1-13(2)18-8-9-19(14(3)4)20(12-18)25(24)22(23)21-16(6)10-15(5)11-17(21)7/h8-14,25H,1-7H3. The smallest absolute Gasteiger partial charge is 0.223 e. The van der Waals surface area contributed by atoms with E-state index in [2.05, 4.69) is 33.8 Å². The van der Waals surface area contributed by atoms with Gasteiger partial charge < -0.3 is 4.57 Å². The minimum Gasteiger partial charge on any atom is -0.313 e. The maximum absolute atomic E-state index is 13.3. The Morgan fingerprint density at radius 1 is 0.880 bits per heavy atom. The Labute approximate surface area is 152 Å². The van der Waals surface area contributed by atoms with E-state index >= 15 is 0 Å². The maximum Gasteiger partial charge on any atom is 0.223 e. The third kappa shape index (κ3) is 4.12. The average molecular weight is 356 g/mol. The molecule has 0 spiro atoms. The van der Waals surface area contributed by atoms with Gasteiger partial charge in [-0.15, -0.1) is 0 Å². The highest BCUT2D eigenvalue weighted by Gasteiger charge is 2.24. The second-order valence-corrected chi connectivity index (χ2v) is 9.24. The molecule has 25 heavy (non-hydrogen) atoms. The predicted octanol–water partition coefficient (Wildman–Crippen LogP) is 5.88. The lowest BCUT2D eigenvalue weighted by Crippen LogP contribution is -2.14. The second-order valence-electron chi connectivity index (χ2n) is 7.59. The van der Waals surface area contributed by atoms with Crippen LogP contribution in [0, 0.1) is 20.8 Å². The van der Waals surface area contributed by atoms with Crippen molar-refractivity contribution in [1.82, 2.24) is 0 Å². The van der Waals surface area contributed by atoms with Crippen LogP contribution in [0.15, 0.2) is 30.3 Å². The van der Waals surface area contributed by atoms with Gasteiger partial charge in [0.25, 0.3) is 0 Å². The van der Waals surface area contributed by atoms with Gasteiger partial charge in [-0.2, -0.15) is 0 Å². The minimum absolute atomic E-state index is 0.220. The van der Waals surface area contributed by atoms with E-state index in [9.17, 15) is 9.36 Å². The van der Waals surface area contributed by atoms with Crippen LogP contribution < -0.4 is 5.30 Å². The van der Waals surface area contributed by atoms with Crippen molar-refractivity contribution in [3.63, 3.8) is 0 Å². The molecule has 0 aliphatic carbocycles. The molecule has 0 aromatic heterocycles. The third-order valence-corrected chi connectivity index (χ3v) is 6.31. The SMILES string of the molecule is Cc1cc(C)c(C(=O)[PH](=O)c2cc(C(C)C)ccc2C(C)C)c(C)c1. The van der Waals surface area contributed by atoms with Crippen LogP contribution in [0.3, 0.4) is 0 Å². The molecule has 0 aliphatic heterocycles. The predicted molar refractivity (Wildman–Crippen MR) is 108 cm³/mol. The Morgan fingerprint density at radius 2 is 1.44 bits per heavy atom. The molecule has 0 aliphatic rings. The fourth-order valence-electron chi connectivity index (χ4n) is 3.41. The zero-order chi connectivity index (χ0) is 18.9. The van der Waals surface area contributed by atoms with Crippen LogP contribution in [-0.4, -0.2) is 5.52 Å². The summed E-state index contributed by atoms with van der Waals surface area (Å²) in [6, 6.07) is 10.1. The Kier molecular flexibility index (Phi) is 6.06. The lowest BCUT2D eigenvalue weighted by molar-refractivity contribution is 0.107. The number of hydrogen-bond donors (Lipinski definition) is 0. The molecule has 0 saturated carbocycles. The van der Waals surface area contributed by atoms with Gasteiger partial charge in [-0.05, 0) is 60.9 Å². The van der Waals surface area contributed by atoms with Gasteiger partial charge in [0, 0.05) is 10.9 Å². The molecule has 1 atom stereocenters. The Balaban J connectivity index is 2.57. The van der Waals surface area contributed by atoms with Gasteiger partial charge in [0.05, 0.1) is 0 Å². The van der Waals surface area contributed by atoms with Crippen molar-refractivity contribution in [2.45, 2.75) is 60.3 Å². The summed E-state index contributed by atoms with van der Waals surface area (Å²) in [7, 11) is -2.57. The number of hydrogen-bond acceptors (Lipinski definition) is 2. The molecule has 0 saturated heterocycles. The van der Waals surface area contributed by atoms with Crippen LogP contribution in [0.4, 0.5) is 0 Å². The van der Waals surface area contributed by atoms with Gasteiger partial charge >= 0.3 is 0 Å². The Morgan fingerprint density at radius 3 is 1.92 bits per heavy atom. The molecule has 0 N–H and O–H groups in total. The van der Waals surface area contributed by atoms with Crippen molar-refractivity contribution in [3.8, 4) is 0 Å². The van der Waals surface area contributed by atoms with Crippen LogP contribution >= 0.6 is 7.80 Å². The van der Waals surface area contributed by atoms with Gasteiger partial charge in [0.2, 0.25) is 5.52 Å². The summed E-state index contributed by atoms with van der Waals surface area (Å²) in [6.45, 7) is 14.3. The largest absolute Gasteiger partial charge is 0.313 e. The first kappa shape index (κ1) is 19.7. The van der Waals surface area contributed by atoms with Gasteiger partial charge in [-0.25, -0.2) is 0 Å². The molecule has 0 radical (unpaired) electrons. The second kappa shape index (κ2) is 7.70. The van der Waals surface area contributed by atoms with E-state index in [4.69, 9.17) is 0 Å². The summed E-state index contributed by atoms with van der Waals surface area (Å²) in [5, 5.41) is 0.732. The molecule has 2 nitrogen and oxygen atoms in total. The third-order valence-electron chi connectivity index (χ3n) is 4.72. The normalized spacial score (nSPS) is 12.7. The zero-order valence-electron chi connectivity index (χ0n) is 16.4. The first-order chi connectivity index (χ1) is 11.6. The van der Waals surface area contributed by atoms with Crippen LogP contribution in [0.25, 0.3) is 0 Å². The van der Waals surface area contributed by atoms with E-state index in [-0.39, 0.29) is 11.4 Å². The van der Waals surface area contributed by atoms with E-state index in [0.29, 0.717) is 11.5 Å². The van der Waals surface area contributed by atoms with Gasteiger partial charge in [-0.1, -0.05) is 57.5 Å². The van der Waals surface area contributed by atoms with Crippen molar-refractivity contribution >= 4 is 18.6 Å². The molecule has 134 valence electrons. The number of carbonyl (C=O) groups is 1. The molecule has 1 unspecified atom stereocenters. The zero-order valence-corrected chi connectivity index (χ0v) is 17.4. The number of rotatable bonds is 5. The molecule has 0 bridgehead atoms. The van der Waals surface area contributed by atoms with Gasteiger partial charge in [0.1, 0.15) is 0 Å². The average Bonchev–Trinajstić information content (AvgIpc) is 2.52. The van der Waals surface area contributed by atoms with E-state index < -0.39 is 7.80 Å². The summed E-state index contributed by atoms with van der Waals surface area (Å²) >= 11 is 0. The highest BCUT2D eigenvalue weighted by Crippen LogP contribution is 2.34. The van der Waals surface area contributed by atoms with Gasteiger partial charge in [0.15, 0.2) is 7.80 Å². The highest BCUT2D eigenvalue weighted by atomic mass is 31.1. The molecular formula is C22H29O2P. The molecule has 2 rings (SSSR count). The number of benzene rings is 2. The van der Waals surface area contributed by atoms with Crippen molar-refractivity contribution in [3.05, 3.63) is 63.7 Å². The van der Waals surface area contributed by atoms with Crippen molar-refractivity contribution in [1.29, 1.82) is 0 Å². The lowest BCUT2D eigenvalue weighted by Gasteiger charge is -2.17. The Hall–Kier alpha value is -1.66. The van der Waals surface area contributed by atoms with E-state index in [1.807, 2.05) is 45.0 Å². The summed E-state index contributed by atoms with van der Waals surface area (Å²) in [5.74, 6) is 0.575. The fourth-order valence-corrected chi connectivity index (χ4v) is 5.21. The number of aryl methyl sites for hydroxylation is 3. The highest BCUT2D eigenvalue weighted by molar-refractivity contribution is 7.71. The van der Waals surface area contributed by atoms with Crippen molar-refractivity contribution < 1.29 is 9.36 Å². The molecule has 0 amide bonds. The molecule has 0 heterocycles. The molecule has 0 fully saturated rings. The van der Waals surface area contributed by atoms with Crippen LogP contribution in [0.2, 0.25) is 0 Å². The summed E-state index contributed by atoms with van der Waals surface area (Å²) in [5.41, 5.74) is 5.49. The lowest BCUT2D eigenvalue weighted by atomic mass is 9.97. The van der Waals surface area contributed by atoms with E-state index in [1.165, 1.54) is 0 Å². The van der Waals surface area contributed by atoms with Gasteiger partial charge in [-0.3, -0.25) is 4.79 Å². The molecule has 2 aromatic rings. The van der Waals surface area contributed by atoms with Crippen molar-refractivity contribution in [2.75, 3.05) is 0 Å². The van der Waals surface area contributed by atoms with Crippen LogP contribution in [-0.2, 0) is 4.57 Å². The Bertz CT molecular complexity index is 809.